The Morgan fingerprint density at radius 2 is 2.32 bits per heavy atom. The zero-order valence-corrected chi connectivity index (χ0v) is 10.9. The number of nitro benzene ring substituents is 1. The quantitative estimate of drug-likeness (QED) is 0.673. The van der Waals surface area contributed by atoms with Gasteiger partial charge in [-0.1, -0.05) is 19.4 Å². The molecule has 1 saturated heterocycles. The molecule has 0 spiro atoms. The normalized spacial score (nSPS) is 23.4. The maximum Gasteiger partial charge on any atom is 0.327 e. The van der Waals surface area contributed by atoms with E-state index in [4.69, 9.17) is 5.73 Å². The zero-order valence-electron chi connectivity index (χ0n) is 10.9. The lowest BCUT2D eigenvalue weighted by Crippen LogP contribution is -2.47. The fourth-order valence-corrected chi connectivity index (χ4v) is 2.64. The fraction of sp³-hybridized carbons (Fsp3) is 0.538. The molecule has 6 heteroatoms. The number of halogens is 1. The zero-order chi connectivity index (χ0) is 14.0. The molecule has 0 aliphatic carbocycles. The summed E-state index contributed by atoms with van der Waals surface area (Å²) >= 11 is 0. The summed E-state index contributed by atoms with van der Waals surface area (Å²) in [7, 11) is 0. The number of benzene rings is 1. The van der Waals surface area contributed by atoms with Crippen LogP contribution in [0.4, 0.5) is 15.8 Å². The number of nitro groups is 1. The summed E-state index contributed by atoms with van der Waals surface area (Å²) in [4.78, 5) is 12.2. The van der Waals surface area contributed by atoms with Crippen LogP contribution in [0.15, 0.2) is 18.2 Å². The smallest absolute Gasteiger partial charge is 0.327 e. The number of hydrogen-bond acceptors (Lipinski definition) is 4. The Kier molecular flexibility index (Phi) is 3.99. The van der Waals surface area contributed by atoms with Crippen LogP contribution in [0.5, 0.6) is 0 Å². The van der Waals surface area contributed by atoms with E-state index in [1.807, 2.05) is 11.8 Å². The van der Waals surface area contributed by atoms with Crippen molar-refractivity contribution in [2.75, 3.05) is 18.0 Å². The first-order valence-electron chi connectivity index (χ1n) is 6.48. The number of rotatable bonds is 3. The number of anilines is 1. The molecule has 0 amide bonds. The molecule has 1 aliphatic rings. The summed E-state index contributed by atoms with van der Waals surface area (Å²) in [6, 6.07) is 4.35. The highest BCUT2D eigenvalue weighted by molar-refractivity contribution is 5.64. The van der Waals surface area contributed by atoms with E-state index in [0.29, 0.717) is 18.8 Å². The standard InChI is InChI=1S/C13H18FN3O2/c1-2-9-8-16(7-6-11(9)15)12-5-3-4-10(14)13(12)17(18)19/h3-5,9,11H,2,6-8,15H2,1H3. The van der Waals surface area contributed by atoms with E-state index in [-0.39, 0.29) is 12.0 Å². The third kappa shape index (κ3) is 2.68. The van der Waals surface area contributed by atoms with Crippen LogP contribution >= 0.6 is 0 Å². The average Bonchev–Trinajstić information content (AvgIpc) is 2.38. The molecule has 2 rings (SSSR count). The molecule has 1 heterocycles. The molecular weight excluding hydrogens is 249 g/mol. The summed E-state index contributed by atoms with van der Waals surface area (Å²) in [5.41, 5.74) is 5.94. The molecule has 0 radical (unpaired) electrons. The van der Waals surface area contributed by atoms with Crippen molar-refractivity contribution in [1.29, 1.82) is 0 Å². The van der Waals surface area contributed by atoms with Crippen molar-refractivity contribution >= 4 is 11.4 Å². The van der Waals surface area contributed by atoms with Gasteiger partial charge >= 0.3 is 5.69 Å². The maximum absolute atomic E-state index is 13.6. The topological polar surface area (TPSA) is 72.4 Å². The summed E-state index contributed by atoms with van der Waals surface area (Å²) < 4.78 is 13.6. The first kappa shape index (κ1) is 13.7. The first-order chi connectivity index (χ1) is 9.04. The van der Waals surface area contributed by atoms with Gasteiger partial charge in [-0.3, -0.25) is 10.1 Å². The Labute approximate surface area is 111 Å². The molecule has 2 unspecified atom stereocenters. The van der Waals surface area contributed by atoms with Crippen LogP contribution in [0.2, 0.25) is 0 Å². The Hall–Kier alpha value is -1.69. The summed E-state index contributed by atoms with van der Waals surface area (Å²) in [5.74, 6) is -0.498. The Morgan fingerprint density at radius 3 is 2.95 bits per heavy atom. The number of hydrogen-bond donors (Lipinski definition) is 1. The van der Waals surface area contributed by atoms with Crippen molar-refractivity contribution < 1.29 is 9.31 Å². The van der Waals surface area contributed by atoms with Gasteiger partial charge in [-0.15, -0.1) is 0 Å². The predicted octanol–water partition coefficient (Wildman–Crippen LogP) is 2.30. The lowest BCUT2D eigenvalue weighted by molar-refractivity contribution is -0.386. The average molecular weight is 267 g/mol. The Morgan fingerprint density at radius 1 is 1.58 bits per heavy atom. The van der Waals surface area contributed by atoms with Crippen LogP contribution in [0, 0.1) is 21.8 Å². The van der Waals surface area contributed by atoms with E-state index in [1.165, 1.54) is 6.07 Å². The van der Waals surface area contributed by atoms with Crippen molar-refractivity contribution in [3.05, 3.63) is 34.1 Å². The Bertz CT molecular complexity index is 481. The van der Waals surface area contributed by atoms with Crippen molar-refractivity contribution in [2.45, 2.75) is 25.8 Å². The molecular formula is C13H18FN3O2. The molecule has 0 aromatic heterocycles. The predicted molar refractivity (Wildman–Crippen MR) is 71.6 cm³/mol. The van der Waals surface area contributed by atoms with Crippen LogP contribution in [0.1, 0.15) is 19.8 Å². The van der Waals surface area contributed by atoms with Crippen LogP contribution < -0.4 is 10.6 Å². The largest absolute Gasteiger partial charge is 0.365 e. The van der Waals surface area contributed by atoms with Gasteiger partial charge in [0.1, 0.15) is 5.69 Å². The third-order valence-corrected chi connectivity index (χ3v) is 3.81. The minimum atomic E-state index is -0.787. The molecule has 19 heavy (non-hydrogen) atoms. The molecule has 0 saturated carbocycles. The molecule has 1 aliphatic heterocycles. The second kappa shape index (κ2) is 5.52. The number of piperidine rings is 1. The van der Waals surface area contributed by atoms with Crippen molar-refractivity contribution in [1.82, 2.24) is 0 Å². The van der Waals surface area contributed by atoms with Crippen molar-refractivity contribution in [2.24, 2.45) is 11.7 Å². The second-order valence-corrected chi connectivity index (χ2v) is 4.93. The van der Waals surface area contributed by atoms with Crippen molar-refractivity contribution in [3.8, 4) is 0 Å². The van der Waals surface area contributed by atoms with Gasteiger partial charge in [-0.05, 0) is 24.5 Å². The number of nitrogens with zero attached hydrogens (tertiary/aromatic N) is 2. The summed E-state index contributed by atoms with van der Waals surface area (Å²) in [5, 5.41) is 11.0. The van der Waals surface area contributed by atoms with E-state index in [0.717, 1.165) is 18.9 Å². The van der Waals surface area contributed by atoms with E-state index in [9.17, 15) is 14.5 Å². The van der Waals surface area contributed by atoms with E-state index < -0.39 is 16.4 Å². The van der Waals surface area contributed by atoms with Gasteiger partial charge in [-0.2, -0.15) is 4.39 Å². The third-order valence-electron chi connectivity index (χ3n) is 3.81. The highest BCUT2D eigenvalue weighted by Gasteiger charge is 2.30. The highest BCUT2D eigenvalue weighted by Crippen LogP contribution is 2.33. The van der Waals surface area contributed by atoms with Gasteiger partial charge in [0, 0.05) is 19.1 Å². The monoisotopic (exact) mass is 267 g/mol. The SMILES string of the molecule is CCC1CN(c2cccc(F)c2[N+](=O)[O-])CCC1N. The van der Waals surface area contributed by atoms with Gasteiger partial charge in [0.15, 0.2) is 0 Å². The molecule has 2 atom stereocenters. The van der Waals surface area contributed by atoms with Crippen LogP contribution in [-0.2, 0) is 0 Å². The van der Waals surface area contributed by atoms with Gasteiger partial charge in [0.2, 0.25) is 5.82 Å². The van der Waals surface area contributed by atoms with Gasteiger partial charge < -0.3 is 10.6 Å². The van der Waals surface area contributed by atoms with Gasteiger partial charge in [0.25, 0.3) is 0 Å². The molecule has 1 fully saturated rings. The molecule has 5 nitrogen and oxygen atoms in total. The molecule has 0 bridgehead atoms. The van der Waals surface area contributed by atoms with E-state index in [1.54, 1.807) is 6.07 Å². The lowest BCUT2D eigenvalue weighted by atomic mass is 9.90. The minimum Gasteiger partial charge on any atom is -0.365 e. The number of nitrogens with two attached hydrogens (primary N) is 1. The van der Waals surface area contributed by atoms with Crippen molar-refractivity contribution in [3.63, 3.8) is 0 Å². The Balaban J connectivity index is 2.32. The molecule has 2 N–H and O–H groups in total. The fourth-order valence-electron chi connectivity index (χ4n) is 2.64. The maximum atomic E-state index is 13.6. The molecule has 1 aromatic carbocycles. The minimum absolute atomic E-state index is 0.119. The van der Waals surface area contributed by atoms with Crippen LogP contribution in [0.25, 0.3) is 0 Å². The summed E-state index contributed by atoms with van der Waals surface area (Å²) in [6.45, 7) is 3.32. The van der Waals surface area contributed by atoms with E-state index in [2.05, 4.69) is 0 Å². The lowest BCUT2D eigenvalue weighted by Gasteiger charge is -2.37. The van der Waals surface area contributed by atoms with E-state index >= 15 is 0 Å². The second-order valence-electron chi connectivity index (χ2n) is 4.93. The highest BCUT2D eigenvalue weighted by atomic mass is 19.1. The number of para-hydroxylation sites is 1. The van der Waals surface area contributed by atoms with Crippen LogP contribution in [0.3, 0.4) is 0 Å². The van der Waals surface area contributed by atoms with Gasteiger partial charge in [0.05, 0.1) is 4.92 Å². The summed E-state index contributed by atoms with van der Waals surface area (Å²) in [6.07, 6.45) is 1.69. The van der Waals surface area contributed by atoms with Crippen LogP contribution in [-0.4, -0.2) is 24.1 Å². The first-order valence-corrected chi connectivity index (χ1v) is 6.48. The van der Waals surface area contributed by atoms with Gasteiger partial charge in [-0.25, -0.2) is 0 Å². The molecule has 1 aromatic rings. The molecule has 104 valence electrons.